The van der Waals surface area contributed by atoms with E-state index < -0.39 is 15.9 Å². The quantitative estimate of drug-likeness (QED) is 0.739. The summed E-state index contributed by atoms with van der Waals surface area (Å²) in [5.74, 6) is -1.09. The molecule has 0 spiro atoms. The normalized spacial score (nSPS) is 19.5. The van der Waals surface area contributed by atoms with Crippen molar-refractivity contribution in [3.63, 3.8) is 0 Å². The van der Waals surface area contributed by atoms with Gasteiger partial charge in [0.1, 0.15) is 0 Å². The zero-order valence-electron chi connectivity index (χ0n) is 17.5. The van der Waals surface area contributed by atoms with Crippen LogP contribution in [0.2, 0.25) is 0 Å². The Morgan fingerprint density at radius 1 is 1.03 bits per heavy atom. The fraction of sp³-hybridized carbons (Fsp3) is 0.391. The summed E-state index contributed by atoms with van der Waals surface area (Å²) < 4.78 is 27.4. The second kappa shape index (κ2) is 8.80. The van der Waals surface area contributed by atoms with E-state index in [4.69, 9.17) is 0 Å². The number of fused-ring (bicyclic) bond motifs is 1. The highest BCUT2D eigenvalue weighted by molar-refractivity contribution is 7.89. The lowest BCUT2D eigenvalue weighted by molar-refractivity contribution is -0.123. The highest BCUT2D eigenvalue weighted by atomic mass is 32.2. The summed E-state index contributed by atoms with van der Waals surface area (Å²) in [5.41, 5.74) is 1.91. The largest absolute Gasteiger partial charge is 0.326 e. The molecule has 8 heteroatoms. The lowest BCUT2D eigenvalue weighted by Crippen LogP contribution is -2.38. The molecule has 2 N–H and O–H groups in total. The van der Waals surface area contributed by atoms with Crippen LogP contribution >= 0.6 is 0 Å². The van der Waals surface area contributed by atoms with E-state index in [0.29, 0.717) is 11.4 Å². The first-order chi connectivity index (χ1) is 14.9. The van der Waals surface area contributed by atoms with Gasteiger partial charge in [0.2, 0.25) is 21.8 Å². The van der Waals surface area contributed by atoms with Gasteiger partial charge in [0.25, 0.3) is 0 Å². The van der Waals surface area contributed by atoms with Crippen molar-refractivity contribution in [1.29, 1.82) is 0 Å². The Hall–Kier alpha value is -2.71. The number of benzene rings is 2. The molecule has 1 aliphatic carbocycles. The maximum absolute atomic E-state index is 13.0. The first-order valence-corrected chi connectivity index (χ1v) is 12.1. The van der Waals surface area contributed by atoms with E-state index in [1.54, 1.807) is 25.2 Å². The Bertz CT molecular complexity index is 1080. The summed E-state index contributed by atoms with van der Waals surface area (Å²) >= 11 is 0. The standard InChI is InChI=1S/C23H27N3O4S/c1-26(17-7-3-2-4-8-17)31(29,30)18-13-11-16(12-14-18)24-23(28)20-15-22(27)25-21-10-6-5-9-19(20)21/h5-6,9-14,17,20H,2-4,7-8,15H2,1H3,(H,24,28)(H,25,27). The summed E-state index contributed by atoms with van der Waals surface area (Å²) in [7, 11) is -1.94. The third-order valence-electron chi connectivity index (χ3n) is 6.20. The number of nitrogens with zero attached hydrogens (tertiary/aromatic N) is 1. The topological polar surface area (TPSA) is 95.6 Å². The summed E-state index contributed by atoms with van der Waals surface area (Å²) in [6.07, 6.45) is 5.11. The highest BCUT2D eigenvalue weighted by Crippen LogP contribution is 2.33. The van der Waals surface area contributed by atoms with Gasteiger partial charge in [0.15, 0.2) is 0 Å². The maximum Gasteiger partial charge on any atom is 0.243 e. The third kappa shape index (κ3) is 4.50. The van der Waals surface area contributed by atoms with Crippen LogP contribution in [-0.2, 0) is 19.6 Å². The molecule has 1 aliphatic heterocycles. The Labute approximate surface area is 182 Å². The monoisotopic (exact) mass is 441 g/mol. The smallest absolute Gasteiger partial charge is 0.243 e. The van der Waals surface area contributed by atoms with Gasteiger partial charge in [-0.05, 0) is 48.7 Å². The van der Waals surface area contributed by atoms with Gasteiger partial charge in [0.05, 0.1) is 10.8 Å². The van der Waals surface area contributed by atoms with Crippen molar-refractivity contribution in [2.75, 3.05) is 17.7 Å². The van der Waals surface area contributed by atoms with Crippen LogP contribution in [0.5, 0.6) is 0 Å². The first kappa shape index (κ1) is 21.5. The summed E-state index contributed by atoms with van der Waals surface area (Å²) in [6.45, 7) is 0. The SMILES string of the molecule is CN(C1CCCCC1)S(=O)(=O)c1ccc(NC(=O)C2CC(=O)Nc3ccccc32)cc1. The van der Waals surface area contributed by atoms with Crippen molar-refractivity contribution in [2.45, 2.75) is 55.4 Å². The van der Waals surface area contributed by atoms with E-state index in [0.717, 1.165) is 37.7 Å². The van der Waals surface area contributed by atoms with Crippen molar-refractivity contribution >= 4 is 33.2 Å². The molecule has 2 aromatic carbocycles. The van der Waals surface area contributed by atoms with Gasteiger partial charge in [0, 0.05) is 30.9 Å². The van der Waals surface area contributed by atoms with Crippen LogP contribution in [0.3, 0.4) is 0 Å². The molecule has 1 saturated carbocycles. The fourth-order valence-corrected chi connectivity index (χ4v) is 5.81. The van der Waals surface area contributed by atoms with Gasteiger partial charge in [-0.2, -0.15) is 4.31 Å². The molecule has 2 amide bonds. The van der Waals surface area contributed by atoms with Crippen molar-refractivity contribution in [3.05, 3.63) is 54.1 Å². The summed E-state index contributed by atoms with van der Waals surface area (Å²) in [6, 6.07) is 13.5. The zero-order valence-corrected chi connectivity index (χ0v) is 18.3. The van der Waals surface area contributed by atoms with E-state index in [-0.39, 0.29) is 29.2 Å². The second-order valence-electron chi connectivity index (χ2n) is 8.22. The van der Waals surface area contributed by atoms with Crippen molar-refractivity contribution in [3.8, 4) is 0 Å². The molecule has 2 aromatic rings. The van der Waals surface area contributed by atoms with E-state index in [9.17, 15) is 18.0 Å². The molecule has 0 bridgehead atoms. The Kier molecular flexibility index (Phi) is 6.11. The number of rotatable bonds is 5. The van der Waals surface area contributed by atoms with E-state index in [1.807, 2.05) is 18.2 Å². The number of para-hydroxylation sites is 1. The molecule has 1 fully saturated rings. The lowest BCUT2D eigenvalue weighted by Gasteiger charge is -2.30. The van der Waals surface area contributed by atoms with Crippen LogP contribution in [0.1, 0.15) is 50.0 Å². The number of carbonyl (C=O) groups is 2. The van der Waals surface area contributed by atoms with Gasteiger partial charge >= 0.3 is 0 Å². The van der Waals surface area contributed by atoms with Crippen molar-refractivity contribution in [2.24, 2.45) is 0 Å². The van der Waals surface area contributed by atoms with E-state index >= 15 is 0 Å². The number of nitrogens with one attached hydrogen (secondary N) is 2. The number of sulfonamides is 1. The Morgan fingerprint density at radius 3 is 2.42 bits per heavy atom. The minimum Gasteiger partial charge on any atom is -0.326 e. The molecule has 7 nitrogen and oxygen atoms in total. The molecule has 0 saturated heterocycles. The molecule has 164 valence electrons. The molecular weight excluding hydrogens is 414 g/mol. The molecule has 2 aliphatic rings. The van der Waals surface area contributed by atoms with Crippen molar-refractivity contribution < 1.29 is 18.0 Å². The van der Waals surface area contributed by atoms with Crippen LogP contribution in [0, 0.1) is 0 Å². The minimum atomic E-state index is -3.58. The van der Waals surface area contributed by atoms with Crippen molar-refractivity contribution in [1.82, 2.24) is 4.31 Å². The lowest BCUT2D eigenvalue weighted by atomic mass is 9.90. The Balaban J connectivity index is 1.47. The average molecular weight is 442 g/mol. The van der Waals surface area contributed by atoms with Crippen LogP contribution in [-0.4, -0.2) is 37.6 Å². The average Bonchev–Trinajstić information content (AvgIpc) is 2.78. The van der Waals surface area contributed by atoms with E-state index in [1.165, 1.54) is 16.4 Å². The molecular formula is C23H27N3O4S. The minimum absolute atomic E-state index is 0.0376. The predicted octanol–water partition coefficient (Wildman–Crippen LogP) is 3.70. The molecule has 1 atom stereocenters. The van der Waals surface area contributed by atoms with Crippen LogP contribution in [0.4, 0.5) is 11.4 Å². The Morgan fingerprint density at radius 2 is 1.71 bits per heavy atom. The number of hydrogen-bond acceptors (Lipinski definition) is 4. The summed E-state index contributed by atoms with van der Waals surface area (Å²) in [4.78, 5) is 25.0. The molecule has 4 rings (SSSR count). The zero-order chi connectivity index (χ0) is 22.0. The number of amides is 2. The maximum atomic E-state index is 13.0. The van der Waals surface area contributed by atoms with Crippen LogP contribution in [0.15, 0.2) is 53.4 Å². The van der Waals surface area contributed by atoms with Gasteiger partial charge in [-0.15, -0.1) is 0 Å². The molecule has 31 heavy (non-hydrogen) atoms. The second-order valence-corrected chi connectivity index (χ2v) is 10.2. The molecule has 1 unspecified atom stereocenters. The van der Waals surface area contributed by atoms with Gasteiger partial charge in [-0.25, -0.2) is 8.42 Å². The predicted molar refractivity (Wildman–Crippen MR) is 119 cm³/mol. The molecule has 0 aromatic heterocycles. The molecule has 1 heterocycles. The van der Waals surface area contributed by atoms with Crippen LogP contribution < -0.4 is 10.6 Å². The van der Waals surface area contributed by atoms with Gasteiger partial charge < -0.3 is 10.6 Å². The highest BCUT2D eigenvalue weighted by Gasteiger charge is 2.31. The van der Waals surface area contributed by atoms with Gasteiger partial charge in [-0.1, -0.05) is 37.5 Å². The van der Waals surface area contributed by atoms with Crippen LogP contribution in [0.25, 0.3) is 0 Å². The fourth-order valence-electron chi connectivity index (χ4n) is 4.39. The number of hydrogen-bond donors (Lipinski definition) is 2. The van der Waals surface area contributed by atoms with E-state index in [2.05, 4.69) is 10.6 Å². The number of carbonyl (C=O) groups excluding carboxylic acids is 2. The first-order valence-electron chi connectivity index (χ1n) is 10.6. The summed E-state index contributed by atoms with van der Waals surface area (Å²) in [5, 5.41) is 5.60. The van der Waals surface area contributed by atoms with Gasteiger partial charge in [-0.3, -0.25) is 9.59 Å². The number of anilines is 2. The molecule has 0 radical (unpaired) electrons. The third-order valence-corrected chi connectivity index (χ3v) is 8.13.